The number of carbonyl (C=O) groups is 1. The maximum Gasteiger partial charge on any atom is 0.224 e. The summed E-state index contributed by atoms with van der Waals surface area (Å²) >= 11 is 0. The minimum absolute atomic E-state index is 0. The standard InChI is InChI=1S/C17H24N4O.ClH/c1-12(2)16-14(10-19-17(22)13(3)9-18)11-21(20-16)15-7-5-4-6-8-15;/h4-8,11-13H,9-10,18H2,1-3H3,(H,19,22);1H. The third-order valence-electron chi connectivity index (χ3n) is 3.64. The lowest BCUT2D eigenvalue weighted by atomic mass is 10.1. The molecule has 2 aromatic rings. The summed E-state index contributed by atoms with van der Waals surface area (Å²) in [6.07, 6.45) is 1.98. The number of hydrogen-bond donors (Lipinski definition) is 2. The summed E-state index contributed by atoms with van der Waals surface area (Å²) in [7, 11) is 0. The summed E-state index contributed by atoms with van der Waals surface area (Å²) in [5, 5.41) is 7.60. The summed E-state index contributed by atoms with van der Waals surface area (Å²) < 4.78 is 1.86. The molecule has 5 nitrogen and oxygen atoms in total. The molecule has 0 saturated carbocycles. The molecule has 0 bridgehead atoms. The highest BCUT2D eigenvalue weighted by Crippen LogP contribution is 2.20. The van der Waals surface area contributed by atoms with Crippen LogP contribution in [-0.4, -0.2) is 22.2 Å². The van der Waals surface area contributed by atoms with E-state index in [0.717, 1.165) is 16.9 Å². The Morgan fingerprint density at radius 3 is 2.48 bits per heavy atom. The van der Waals surface area contributed by atoms with E-state index in [2.05, 4.69) is 24.3 Å². The number of hydrogen-bond acceptors (Lipinski definition) is 3. The minimum atomic E-state index is -0.174. The molecule has 126 valence electrons. The molecule has 1 aromatic heterocycles. The Balaban J connectivity index is 0.00000264. The van der Waals surface area contributed by atoms with Crippen LogP contribution in [0.5, 0.6) is 0 Å². The summed E-state index contributed by atoms with van der Waals surface area (Å²) in [5.74, 6) is 0.0973. The van der Waals surface area contributed by atoms with Crippen molar-refractivity contribution >= 4 is 18.3 Å². The zero-order valence-electron chi connectivity index (χ0n) is 13.8. The van der Waals surface area contributed by atoms with Gasteiger partial charge in [-0.25, -0.2) is 4.68 Å². The average Bonchev–Trinajstić information content (AvgIpc) is 2.97. The predicted molar refractivity (Wildman–Crippen MR) is 95.0 cm³/mol. The van der Waals surface area contributed by atoms with Crippen LogP contribution in [0.1, 0.15) is 37.9 Å². The Morgan fingerprint density at radius 1 is 1.26 bits per heavy atom. The fraction of sp³-hybridized carbons (Fsp3) is 0.412. The van der Waals surface area contributed by atoms with Crippen molar-refractivity contribution in [3.63, 3.8) is 0 Å². The minimum Gasteiger partial charge on any atom is -0.352 e. The normalized spacial score (nSPS) is 11.9. The molecule has 0 aliphatic rings. The molecule has 23 heavy (non-hydrogen) atoms. The van der Waals surface area contributed by atoms with Gasteiger partial charge in [-0.05, 0) is 18.1 Å². The van der Waals surface area contributed by atoms with E-state index in [9.17, 15) is 4.79 Å². The number of rotatable bonds is 6. The van der Waals surface area contributed by atoms with Crippen LogP contribution in [0.4, 0.5) is 0 Å². The molecule has 0 aliphatic heterocycles. The van der Waals surface area contributed by atoms with Crippen LogP contribution in [-0.2, 0) is 11.3 Å². The number of nitrogens with one attached hydrogen (secondary N) is 1. The molecule has 3 N–H and O–H groups in total. The fourth-order valence-electron chi connectivity index (χ4n) is 2.22. The molecule has 2 rings (SSSR count). The van der Waals surface area contributed by atoms with Gasteiger partial charge in [0, 0.05) is 30.8 Å². The first-order valence-corrected chi connectivity index (χ1v) is 7.64. The second-order valence-corrected chi connectivity index (χ2v) is 5.83. The topological polar surface area (TPSA) is 72.9 Å². The van der Waals surface area contributed by atoms with Crippen LogP contribution in [0.3, 0.4) is 0 Å². The van der Waals surface area contributed by atoms with E-state index >= 15 is 0 Å². The Bertz CT molecular complexity index is 625. The molecule has 1 atom stereocenters. The number of nitrogens with two attached hydrogens (primary N) is 1. The van der Waals surface area contributed by atoms with Gasteiger partial charge in [-0.1, -0.05) is 39.0 Å². The van der Waals surface area contributed by atoms with E-state index in [-0.39, 0.29) is 24.2 Å². The summed E-state index contributed by atoms with van der Waals surface area (Å²) in [5.41, 5.74) is 8.58. The third kappa shape index (κ3) is 4.81. The largest absolute Gasteiger partial charge is 0.352 e. The molecule has 0 radical (unpaired) electrons. The van der Waals surface area contributed by atoms with E-state index in [0.29, 0.717) is 19.0 Å². The second kappa shape index (κ2) is 8.70. The van der Waals surface area contributed by atoms with E-state index in [1.54, 1.807) is 0 Å². The molecule has 1 aromatic carbocycles. The lowest BCUT2D eigenvalue weighted by Gasteiger charge is -2.10. The van der Waals surface area contributed by atoms with Gasteiger partial charge < -0.3 is 11.1 Å². The zero-order valence-corrected chi connectivity index (χ0v) is 14.6. The molecular weight excluding hydrogens is 312 g/mol. The molecule has 0 saturated heterocycles. The smallest absolute Gasteiger partial charge is 0.224 e. The molecule has 0 spiro atoms. The number of aromatic nitrogens is 2. The van der Waals surface area contributed by atoms with Gasteiger partial charge in [-0.3, -0.25) is 4.79 Å². The maximum absolute atomic E-state index is 11.9. The van der Waals surface area contributed by atoms with E-state index < -0.39 is 0 Å². The number of carbonyl (C=O) groups excluding carboxylic acids is 1. The van der Waals surface area contributed by atoms with Crippen LogP contribution >= 0.6 is 12.4 Å². The first-order valence-electron chi connectivity index (χ1n) is 7.64. The van der Waals surface area contributed by atoms with E-state index in [1.807, 2.05) is 48.1 Å². The van der Waals surface area contributed by atoms with E-state index in [4.69, 9.17) is 5.73 Å². The summed E-state index contributed by atoms with van der Waals surface area (Å²) in [6, 6.07) is 9.96. The van der Waals surface area contributed by atoms with Gasteiger partial charge in [0.15, 0.2) is 0 Å². The molecule has 1 amide bonds. The maximum atomic E-state index is 11.9. The van der Waals surface area contributed by atoms with Gasteiger partial charge in [-0.2, -0.15) is 5.10 Å². The summed E-state index contributed by atoms with van der Waals surface area (Å²) in [6.45, 7) is 6.86. The van der Waals surface area contributed by atoms with Gasteiger partial charge in [0.1, 0.15) is 0 Å². The highest BCUT2D eigenvalue weighted by Gasteiger charge is 2.16. The lowest BCUT2D eigenvalue weighted by molar-refractivity contribution is -0.124. The lowest BCUT2D eigenvalue weighted by Crippen LogP contribution is -2.32. The Labute approximate surface area is 143 Å². The monoisotopic (exact) mass is 336 g/mol. The van der Waals surface area contributed by atoms with Gasteiger partial charge in [-0.15, -0.1) is 12.4 Å². The van der Waals surface area contributed by atoms with Gasteiger partial charge >= 0.3 is 0 Å². The molecule has 1 unspecified atom stereocenters. The highest BCUT2D eigenvalue weighted by molar-refractivity contribution is 5.85. The second-order valence-electron chi connectivity index (χ2n) is 5.83. The van der Waals surface area contributed by atoms with Gasteiger partial charge in [0.2, 0.25) is 5.91 Å². The van der Waals surface area contributed by atoms with Crippen LogP contribution in [0.25, 0.3) is 5.69 Å². The molecule has 6 heteroatoms. The van der Waals surface area contributed by atoms with Crippen molar-refractivity contribution in [2.75, 3.05) is 6.54 Å². The number of amides is 1. The van der Waals surface area contributed by atoms with Crippen LogP contribution in [0.15, 0.2) is 36.5 Å². The summed E-state index contributed by atoms with van der Waals surface area (Å²) in [4.78, 5) is 11.9. The predicted octanol–water partition coefficient (Wildman–Crippen LogP) is 2.63. The number of nitrogens with zero attached hydrogens (tertiary/aromatic N) is 2. The van der Waals surface area contributed by atoms with Crippen molar-refractivity contribution in [2.24, 2.45) is 11.7 Å². The van der Waals surface area contributed by atoms with Crippen LogP contribution < -0.4 is 11.1 Å². The van der Waals surface area contributed by atoms with Gasteiger partial charge in [0.05, 0.1) is 11.4 Å². The first-order chi connectivity index (χ1) is 10.5. The van der Waals surface area contributed by atoms with Crippen molar-refractivity contribution in [1.29, 1.82) is 0 Å². The SMILES string of the molecule is CC(CN)C(=O)NCc1cn(-c2ccccc2)nc1C(C)C.Cl. The van der Waals surface area contributed by atoms with Crippen LogP contribution in [0.2, 0.25) is 0 Å². The van der Waals surface area contributed by atoms with Crippen molar-refractivity contribution in [3.05, 3.63) is 47.8 Å². The molecule has 0 fully saturated rings. The van der Waals surface area contributed by atoms with Crippen molar-refractivity contribution in [2.45, 2.75) is 33.2 Å². The Hall–Kier alpha value is -1.85. The first kappa shape index (κ1) is 19.2. The van der Waals surface area contributed by atoms with Crippen LogP contribution in [0, 0.1) is 5.92 Å². The molecular formula is C17H25ClN4O. The quantitative estimate of drug-likeness (QED) is 0.851. The zero-order chi connectivity index (χ0) is 16.1. The number of para-hydroxylation sites is 1. The van der Waals surface area contributed by atoms with Crippen molar-refractivity contribution in [1.82, 2.24) is 15.1 Å². The van der Waals surface area contributed by atoms with Crippen molar-refractivity contribution < 1.29 is 4.79 Å². The molecule has 0 aliphatic carbocycles. The number of benzene rings is 1. The Morgan fingerprint density at radius 2 is 1.91 bits per heavy atom. The Kier molecular flexibility index (Phi) is 7.26. The van der Waals surface area contributed by atoms with Crippen molar-refractivity contribution in [3.8, 4) is 5.69 Å². The highest BCUT2D eigenvalue weighted by atomic mass is 35.5. The van der Waals surface area contributed by atoms with Gasteiger partial charge in [0.25, 0.3) is 0 Å². The third-order valence-corrected chi connectivity index (χ3v) is 3.64. The van der Waals surface area contributed by atoms with E-state index in [1.165, 1.54) is 0 Å². The average molecular weight is 337 g/mol. The molecule has 1 heterocycles. The fourth-order valence-corrected chi connectivity index (χ4v) is 2.22. The number of halogens is 1.